The lowest BCUT2D eigenvalue weighted by Gasteiger charge is -2.33. The van der Waals surface area contributed by atoms with Crippen molar-refractivity contribution in [3.8, 4) is 5.75 Å². The first kappa shape index (κ1) is 12.5. The Bertz CT molecular complexity index is 394. The van der Waals surface area contributed by atoms with Gasteiger partial charge in [0.25, 0.3) is 0 Å². The summed E-state index contributed by atoms with van der Waals surface area (Å²) in [5.74, 6) is 0.875. The fraction of sp³-hybridized carbons (Fsp3) is 0.538. The van der Waals surface area contributed by atoms with Crippen LogP contribution in [0.3, 0.4) is 0 Å². The molecule has 4 heteroatoms. The van der Waals surface area contributed by atoms with E-state index in [4.69, 9.17) is 14.0 Å². The monoisotopic (exact) mass is 234 g/mol. The van der Waals surface area contributed by atoms with Gasteiger partial charge in [-0.05, 0) is 24.0 Å². The summed E-state index contributed by atoms with van der Waals surface area (Å²) < 4.78 is 16.8. The molecule has 0 aromatic heterocycles. The number of methoxy groups -OCH3 is 1. The Morgan fingerprint density at radius 1 is 1.24 bits per heavy atom. The zero-order valence-corrected chi connectivity index (χ0v) is 10.9. The van der Waals surface area contributed by atoms with Gasteiger partial charge in [-0.25, -0.2) is 0 Å². The summed E-state index contributed by atoms with van der Waals surface area (Å²) in [6.07, 6.45) is 0. The Kier molecular flexibility index (Phi) is 3.45. The molecule has 2 rings (SSSR count). The molecule has 0 bridgehead atoms. The molecule has 17 heavy (non-hydrogen) atoms. The second-order valence-corrected chi connectivity index (χ2v) is 5.35. The van der Waals surface area contributed by atoms with Crippen molar-refractivity contribution in [1.29, 1.82) is 0 Å². The van der Waals surface area contributed by atoms with Crippen molar-refractivity contribution in [2.24, 2.45) is 5.41 Å². The van der Waals surface area contributed by atoms with Crippen LogP contribution in [0.2, 0.25) is 0 Å². The topological polar surface area (TPSA) is 27.7 Å². The molecule has 1 heterocycles. The maximum atomic E-state index is 5.74. The van der Waals surface area contributed by atoms with Crippen LogP contribution in [0.5, 0.6) is 5.75 Å². The third-order valence-corrected chi connectivity index (χ3v) is 2.96. The number of hydrogen-bond donors (Lipinski definition) is 0. The van der Waals surface area contributed by atoms with Gasteiger partial charge in [0.2, 0.25) is 0 Å². The molecular weight excluding hydrogens is 215 g/mol. The number of hydrogen-bond acceptors (Lipinski definition) is 3. The van der Waals surface area contributed by atoms with Crippen molar-refractivity contribution < 1.29 is 14.0 Å². The molecule has 1 aromatic carbocycles. The van der Waals surface area contributed by atoms with E-state index in [-0.39, 0.29) is 12.5 Å². The largest absolute Gasteiger partial charge is 0.497 e. The quantitative estimate of drug-likeness (QED) is 0.730. The van der Waals surface area contributed by atoms with E-state index in [1.54, 1.807) is 7.11 Å². The molecule has 1 aromatic rings. The molecule has 0 spiro atoms. The predicted octanol–water partition coefficient (Wildman–Crippen LogP) is 1.77. The van der Waals surface area contributed by atoms with E-state index >= 15 is 0 Å². The first-order valence-electron chi connectivity index (χ1n) is 5.89. The highest BCUT2D eigenvalue weighted by molar-refractivity contribution is 6.61. The Hall–Kier alpha value is -0.995. The molecule has 0 radical (unpaired) electrons. The summed E-state index contributed by atoms with van der Waals surface area (Å²) in [6, 6.07) is 6.04. The number of benzene rings is 1. The molecule has 0 amide bonds. The fourth-order valence-electron chi connectivity index (χ4n) is 1.87. The molecule has 1 aliphatic heterocycles. The average molecular weight is 234 g/mol. The van der Waals surface area contributed by atoms with Gasteiger partial charge in [-0.15, -0.1) is 0 Å². The lowest BCUT2D eigenvalue weighted by molar-refractivity contribution is 0.0343. The van der Waals surface area contributed by atoms with Gasteiger partial charge < -0.3 is 14.0 Å². The molecule has 0 N–H and O–H groups in total. The highest BCUT2D eigenvalue weighted by atomic mass is 16.6. The highest BCUT2D eigenvalue weighted by Crippen LogP contribution is 2.22. The minimum Gasteiger partial charge on any atom is -0.497 e. The van der Waals surface area contributed by atoms with Gasteiger partial charge in [0, 0.05) is 18.6 Å². The molecule has 1 fully saturated rings. The average Bonchev–Trinajstić information content (AvgIpc) is 2.30. The standard InChI is InChI=1S/C13H19BO3/c1-10-5-6-11(7-12(10)15-4)14-16-8-13(2,3)9-17-14/h5-7H,8-9H2,1-4H3. The van der Waals surface area contributed by atoms with E-state index in [9.17, 15) is 0 Å². The third kappa shape index (κ3) is 2.82. The van der Waals surface area contributed by atoms with Crippen LogP contribution in [-0.4, -0.2) is 27.4 Å². The molecule has 3 nitrogen and oxygen atoms in total. The van der Waals surface area contributed by atoms with Crippen molar-refractivity contribution >= 4 is 12.6 Å². The summed E-state index contributed by atoms with van der Waals surface area (Å²) in [5.41, 5.74) is 2.24. The van der Waals surface area contributed by atoms with Gasteiger partial charge in [0.1, 0.15) is 5.75 Å². The first-order chi connectivity index (χ1) is 8.02. The maximum absolute atomic E-state index is 5.74. The molecule has 0 atom stereocenters. The number of rotatable bonds is 2. The molecule has 1 aliphatic rings. The van der Waals surface area contributed by atoms with Crippen molar-refractivity contribution in [1.82, 2.24) is 0 Å². The van der Waals surface area contributed by atoms with E-state index in [1.165, 1.54) is 0 Å². The van der Waals surface area contributed by atoms with Crippen LogP contribution in [0.1, 0.15) is 19.4 Å². The second kappa shape index (κ2) is 4.71. The Morgan fingerprint density at radius 2 is 1.88 bits per heavy atom. The fourth-order valence-corrected chi connectivity index (χ4v) is 1.87. The van der Waals surface area contributed by atoms with Crippen LogP contribution < -0.4 is 10.2 Å². The van der Waals surface area contributed by atoms with Crippen molar-refractivity contribution in [3.63, 3.8) is 0 Å². The molecular formula is C13H19BO3. The van der Waals surface area contributed by atoms with Crippen LogP contribution in [0.25, 0.3) is 0 Å². The van der Waals surface area contributed by atoms with Crippen LogP contribution in [-0.2, 0) is 9.31 Å². The zero-order valence-electron chi connectivity index (χ0n) is 10.9. The third-order valence-electron chi connectivity index (χ3n) is 2.96. The van der Waals surface area contributed by atoms with Crippen LogP contribution in [0.15, 0.2) is 18.2 Å². The Morgan fingerprint density at radius 3 is 2.47 bits per heavy atom. The summed E-state index contributed by atoms with van der Waals surface area (Å²) in [6.45, 7) is 7.73. The van der Waals surface area contributed by atoms with Gasteiger partial charge in [-0.2, -0.15) is 0 Å². The lowest BCUT2D eigenvalue weighted by atomic mass is 9.75. The lowest BCUT2D eigenvalue weighted by Crippen LogP contribution is -2.47. The summed E-state index contributed by atoms with van der Waals surface area (Å²) in [4.78, 5) is 0. The zero-order chi connectivity index (χ0) is 12.5. The van der Waals surface area contributed by atoms with Gasteiger partial charge in [0.15, 0.2) is 0 Å². The van der Waals surface area contributed by atoms with E-state index < -0.39 is 0 Å². The molecule has 0 saturated carbocycles. The van der Waals surface area contributed by atoms with Crippen molar-refractivity contribution in [2.75, 3.05) is 20.3 Å². The molecule has 0 unspecified atom stereocenters. The summed E-state index contributed by atoms with van der Waals surface area (Å²) >= 11 is 0. The normalized spacial score (nSPS) is 19.2. The predicted molar refractivity (Wildman–Crippen MR) is 68.8 cm³/mol. The Balaban J connectivity index is 2.13. The number of ether oxygens (including phenoxy) is 1. The van der Waals surface area contributed by atoms with Gasteiger partial charge in [-0.3, -0.25) is 0 Å². The minimum atomic E-state index is -0.266. The molecule has 1 saturated heterocycles. The van der Waals surface area contributed by atoms with E-state index in [0.717, 1.165) is 16.8 Å². The van der Waals surface area contributed by atoms with E-state index in [2.05, 4.69) is 13.8 Å². The summed E-state index contributed by atoms with van der Waals surface area (Å²) in [5, 5.41) is 0. The maximum Gasteiger partial charge on any atom is 0.494 e. The van der Waals surface area contributed by atoms with Gasteiger partial charge >= 0.3 is 7.12 Å². The SMILES string of the molecule is COc1cc(B2OCC(C)(C)CO2)ccc1C. The molecule has 92 valence electrons. The van der Waals surface area contributed by atoms with Crippen LogP contribution in [0.4, 0.5) is 0 Å². The second-order valence-electron chi connectivity index (χ2n) is 5.35. The Labute approximate surface area is 103 Å². The van der Waals surface area contributed by atoms with Crippen molar-refractivity contribution in [3.05, 3.63) is 23.8 Å². The smallest absolute Gasteiger partial charge is 0.494 e. The van der Waals surface area contributed by atoms with Crippen LogP contribution in [0, 0.1) is 12.3 Å². The van der Waals surface area contributed by atoms with Gasteiger partial charge in [0.05, 0.1) is 7.11 Å². The number of aryl methyl sites for hydroxylation is 1. The first-order valence-corrected chi connectivity index (χ1v) is 5.89. The van der Waals surface area contributed by atoms with Crippen LogP contribution >= 0.6 is 0 Å². The highest BCUT2D eigenvalue weighted by Gasteiger charge is 2.33. The summed E-state index contributed by atoms with van der Waals surface area (Å²) in [7, 11) is 1.41. The van der Waals surface area contributed by atoms with E-state index in [0.29, 0.717) is 13.2 Å². The van der Waals surface area contributed by atoms with Crippen molar-refractivity contribution in [2.45, 2.75) is 20.8 Å². The van der Waals surface area contributed by atoms with Gasteiger partial charge in [-0.1, -0.05) is 26.0 Å². The minimum absolute atomic E-state index is 0.102. The van der Waals surface area contributed by atoms with E-state index in [1.807, 2.05) is 25.1 Å². The molecule has 0 aliphatic carbocycles.